The Morgan fingerprint density at radius 2 is 1.96 bits per heavy atom. The smallest absolute Gasteiger partial charge is 0.342 e. The maximum atomic E-state index is 12.3. The molecule has 2 heterocycles. The van der Waals surface area contributed by atoms with Crippen molar-refractivity contribution in [3.8, 4) is 5.75 Å². The van der Waals surface area contributed by atoms with Gasteiger partial charge in [-0.25, -0.2) is 4.79 Å². The highest BCUT2D eigenvalue weighted by atomic mass is 16.7. The number of phenols is 1. The van der Waals surface area contributed by atoms with Crippen LogP contribution >= 0.6 is 0 Å². The van der Waals surface area contributed by atoms with E-state index >= 15 is 0 Å². The fourth-order valence-electron chi connectivity index (χ4n) is 2.62. The SMILES string of the molecule is O=C(OC1O[C@H](CO)[C@@H](O)[C@H](O)[C@H]1O)c1c[nH]c2cc(O)ccc12. The zero-order valence-corrected chi connectivity index (χ0v) is 12.4. The zero-order valence-electron chi connectivity index (χ0n) is 12.4. The molecule has 9 heteroatoms. The lowest BCUT2D eigenvalue weighted by Gasteiger charge is -2.39. The van der Waals surface area contributed by atoms with E-state index < -0.39 is 43.3 Å². The van der Waals surface area contributed by atoms with E-state index in [0.717, 1.165) is 0 Å². The van der Waals surface area contributed by atoms with Crippen LogP contribution in [0.15, 0.2) is 24.4 Å². The van der Waals surface area contributed by atoms with Crippen LogP contribution in [0.25, 0.3) is 10.9 Å². The molecule has 24 heavy (non-hydrogen) atoms. The number of rotatable bonds is 3. The number of benzene rings is 1. The lowest BCUT2D eigenvalue weighted by molar-refractivity contribution is -0.285. The number of aromatic hydroxyl groups is 1. The van der Waals surface area contributed by atoms with E-state index in [-0.39, 0.29) is 11.3 Å². The third-order valence-electron chi connectivity index (χ3n) is 3.96. The summed E-state index contributed by atoms with van der Waals surface area (Å²) in [6.07, 6.45) is -6.17. The number of carbonyl (C=O) groups excluding carboxylic acids is 1. The van der Waals surface area contributed by atoms with Crippen LogP contribution in [0, 0.1) is 0 Å². The minimum atomic E-state index is -1.67. The lowest BCUT2D eigenvalue weighted by Crippen LogP contribution is -2.59. The molecule has 1 saturated heterocycles. The van der Waals surface area contributed by atoms with Gasteiger partial charge in [0.1, 0.15) is 30.2 Å². The molecular weight excluding hydrogens is 322 g/mol. The Labute approximate surface area is 135 Å². The van der Waals surface area contributed by atoms with Gasteiger partial charge in [-0.05, 0) is 12.1 Å². The number of aliphatic hydroxyl groups excluding tert-OH is 4. The van der Waals surface area contributed by atoms with Crippen LogP contribution in [0.1, 0.15) is 10.4 Å². The third-order valence-corrected chi connectivity index (χ3v) is 3.96. The molecule has 6 N–H and O–H groups in total. The van der Waals surface area contributed by atoms with Crippen molar-refractivity contribution >= 4 is 16.9 Å². The number of hydrogen-bond donors (Lipinski definition) is 6. The van der Waals surface area contributed by atoms with E-state index in [1.807, 2.05) is 0 Å². The molecule has 0 amide bonds. The van der Waals surface area contributed by atoms with Gasteiger partial charge in [-0.3, -0.25) is 0 Å². The first kappa shape index (κ1) is 16.7. The van der Waals surface area contributed by atoms with Gasteiger partial charge in [0.2, 0.25) is 6.29 Å². The first-order chi connectivity index (χ1) is 11.4. The van der Waals surface area contributed by atoms with Gasteiger partial charge >= 0.3 is 5.97 Å². The van der Waals surface area contributed by atoms with Crippen molar-refractivity contribution < 1.29 is 39.8 Å². The van der Waals surface area contributed by atoms with Gasteiger partial charge in [0.05, 0.1) is 12.2 Å². The van der Waals surface area contributed by atoms with Crippen LogP contribution in [0.4, 0.5) is 0 Å². The lowest BCUT2D eigenvalue weighted by atomic mass is 9.99. The third kappa shape index (κ3) is 2.83. The largest absolute Gasteiger partial charge is 0.508 e. The second kappa shape index (κ2) is 6.38. The Morgan fingerprint density at radius 3 is 2.67 bits per heavy atom. The van der Waals surface area contributed by atoms with Gasteiger partial charge in [-0.1, -0.05) is 0 Å². The van der Waals surface area contributed by atoms with Crippen molar-refractivity contribution in [1.82, 2.24) is 4.98 Å². The molecule has 1 aromatic carbocycles. The number of aromatic amines is 1. The summed E-state index contributed by atoms with van der Waals surface area (Å²) in [7, 11) is 0. The number of aromatic nitrogens is 1. The molecule has 0 radical (unpaired) electrons. The highest BCUT2D eigenvalue weighted by molar-refractivity contribution is 6.04. The molecule has 2 aromatic rings. The number of phenolic OH excluding ortho intramolecular Hbond substituents is 1. The second-order valence-electron chi connectivity index (χ2n) is 5.53. The molecule has 3 rings (SSSR count). The van der Waals surface area contributed by atoms with Crippen LogP contribution in [0.5, 0.6) is 5.75 Å². The van der Waals surface area contributed by atoms with Gasteiger partial charge in [-0.15, -0.1) is 0 Å². The number of esters is 1. The number of ether oxygens (including phenoxy) is 2. The molecule has 1 aromatic heterocycles. The monoisotopic (exact) mass is 339 g/mol. The molecule has 130 valence electrons. The molecule has 1 unspecified atom stereocenters. The van der Waals surface area contributed by atoms with Gasteiger partial charge < -0.3 is 40.0 Å². The minimum absolute atomic E-state index is 0.0261. The number of H-pyrrole nitrogens is 1. The number of hydrogen-bond acceptors (Lipinski definition) is 8. The summed E-state index contributed by atoms with van der Waals surface area (Å²) in [6.45, 7) is -0.620. The Morgan fingerprint density at radius 1 is 1.21 bits per heavy atom. The van der Waals surface area contributed by atoms with Crippen molar-refractivity contribution in [2.75, 3.05) is 6.61 Å². The minimum Gasteiger partial charge on any atom is -0.508 e. The summed E-state index contributed by atoms with van der Waals surface area (Å²) in [6, 6.07) is 4.35. The van der Waals surface area contributed by atoms with Crippen molar-refractivity contribution in [3.63, 3.8) is 0 Å². The topological polar surface area (TPSA) is 152 Å². The second-order valence-corrected chi connectivity index (χ2v) is 5.53. The highest BCUT2D eigenvalue weighted by Gasteiger charge is 2.45. The summed E-state index contributed by atoms with van der Waals surface area (Å²) >= 11 is 0. The fraction of sp³-hybridized carbons (Fsp3) is 0.400. The molecular formula is C15H17NO8. The molecule has 0 saturated carbocycles. The van der Waals surface area contributed by atoms with Crippen LogP contribution in [0.2, 0.25) is 0 Å². The normalized spacial score (nSPS) is 30.4. The van der Waals surface area contributed by atoms with Gasteiger partial charge in [0.25, 0.3) is 0 Å². The maximum absolute atomic E-state index is 12.3. The van der Waals surface area contributed by atoms with E-state index in [1.165, 1.54) is 24.4 Å². The Bertz CT molecular complexity index is 742. The molecule has 0 spiro atoms. The predicted octanol–water partition coefficient (Wildman–Crippen LogP) is -1.17. The zero-order chi connectivity index (χ0) is 17.4. The van der Waals surface area contributed by atoms with E-state index in [4.69, 9.17) is 14.6 Å². The van der Waals surface area contributed by atoms with E-state index in [2.05, 4.69) is 4.98 Å². The first-order valence-electron chi connectivity index (χ1n) is 7.24. The molecule has 0 bridgehead atoms. The Hall–Kier alpha value is -2.17. The number of nitrogens with one attached hydrogen (secondary N) is 1. The number of fused-ring (bicyclic) bond motifs is 1. The standard InChI is InChI=1S/C15H17NO8/c17-5-10-11(19)12(20)13(21)15(23-10)24-14(22)8-4-16-9-3-6(18)1-2-7(8)9/h1-4,10-13,15-21H,5H2/t10-,11-,12+,13-,15?/m1/s1. The summed E-state index contributed by atoms with van der Waals surface area (Å²) in [5.41, 5.74) is 0.651. The van der Waals surface area contributed by atoms with Crippen LogP contribution in [-0.2, 0) is 9.47 Å². The average Bonchev–Trinajstić information content (AvgIpc) is 2.98. The molecule has 1 aliphatic heterocycles. The average molecular weight is 339 g/mol. The summed E-state index contributed by atoms with van der Waals surface area (Å²) in [5.74, 6) is -0.811. The fourth-order valence-corrected chi connectivity index (χ4v) is 2.62. The molecule has 1 aliphatic rings. The summed E-state index contributed by atoms with van der Waals surface area (Å²) in [5, 5.41) is 48.3. The maximum Gasteiger partial charge on any atom is 0.342 e. The van der Waals surface area contributed by atoms with Crippen LogP contribution in [-0.4, -0.2) is 73.8 Å². The summed E-state index contributed by atoms with van der Waals surface area (Å²) < 4.78 is 10.2. The highest BCUT2D eigenvalue weighted by Crippen LogP contribution is 2.26. The van der Waals surface area contributed by atoms with Crippen molar-refractivity contribution in [2.24, 2.45) is 0 Å². The summed E-state index contributed by atoms with van der Waals surface area (Å²) in [4.78, 5) is 15.1. The molecule has 0 aliphatic carbocycles. The van der Waals surface area contributed by atoms with Gasteiger partial charge in [-0.2, -0.15) is 0 Å². The van der Waals surface area contributed by atoms with Crippen molar-refractivity contribution in [1.29, 1.82) is 0 Å². The predicted molar refractivity (Wildman–Crippen MR) is 79.1 cm³/mol. The van der Waals surface area contributed by atoms with Gasteiger partial charge in [0.15, 0.2) is 0 Å². The first-order valence-corrected chi connectivity index (χ1v) is 7.24. The molecule has 1 fully saturated rings. The number of carbonyl (C=O) groups is 1. The van der Waals surface area contributed by atoms with Crippen molar-refractivity contribution in [2.45, 2.75) is 30.7 Å². The van der Waals surface area contributed by atoms with E-state index in [1.54, 1.807) is 0 Å². The van der Waals surface area contributed by atoms with E-state index in [9.17, 15) is 25.2 Å². The molecule has 5 atom stereocenters. The van der Waals surface area contributed by atoms with Crippen LogP contribution in [0.3, 0.4) is 0 Å². The molecule has 9 nitrogen and oxygen atoms in total. The van der Waals surface area contributed by atoms with Crippen molar-refractivity contribution in [3.05, 3.63) is 30.0 Å². The van der Waals surface area contributed by atoms with Gasteiger partial charge in [0, 0.05) is 23.2 Å². The Balaban J connectivity index is 1.80. The van der Waals surface area contributed by atoms with Crippen LogP contribution < -0.4 is 0 Å². The Kier molecular flexibility index (Phi) is 4.43. The quantitative estimate of drug-likeness (QED) is 0.383. The number of aliphatic hydroxyl groups is 4. The van der Waals surface area contributed by atoms with E-state index in [0.29, 0.717) is 10.9 Å².